The number of nitrogens with one attached hydrogen (secondary N) is 1. The molecular weight excluding hydrogens is 410 g/mol. The van der Waals surface area contributed by atoms with Gasteiger partial charge in [0, 0.05) is 24.7 Å². The van der Waals surface area contributed by atoms with Crippen molar-refractivity contribution in [3.8, 4) is 17.3 Å². The van der Waals surface area contributed by atoms with Crippen molar-refractivity contribution in [2.45, 2.75) is 52.9 Å². The Morgan fingerprint density at radius 1 is 1.28 bits per heavy atom. The van der Waals surface area contributed by atoms with Crippen LogP contribution in [0.25, 0.3) is 17.3 Å². The van der Waals surface area contributed by atoms with Gasteiger partial charge in [-0.2, -0.15) is 5.10 Å². The summed E-state index contributed by atoms with van der Waals surface area (Å²) >= 11 is 0. The molecule has 4 rings (SSSR count). The van der Waals surface area contributed by atoms with Crippen LogP contribution >= 0.6 is 0 Å². The maximum atomic E-state index is 12.8. The molecule has 1 aliphatic heterocycles. The summed E-state index contributed by atoms with van der Waals surface area (Å²) in [5.74, 6) is 0.495. The third-order valence-electron chi connectivity index (χ3n) is 5.06. The van der Waals surface area contributed by atoms with Crippen LogP contribution in [-0.2, 0) is 15.9 Å². The van der Waals surface area contributed by atoms with E-state index in [1.165, 1.54) is 0 Å². The molecule has 1 aromatic carbocycles. The summed E-state index contributed by atoms with van der Waals surface area (Å²) in [6.07, 6.45) is 0.645. The lowest BCUT2D eigenvalue weighted by molar-refractivity contribution is -0.137. The zero-order valence-corrected chi connectivity index (χ0v) is 19.1. The summed E-state index contributed by atoms with van der Waals surface area (Å²) in [6, 6.07) is 9.33. The Kier molecular flexibility index (Phi) is 6.12. The summed E-state index contributed by atoms with van der Waals surface area (Å²) < 4.78 is 18.7. The van der Waals surface area contributed by atoms with Gasteiger partial charge in [-0.1, -0.05) is 19.9 Å². The van der Waals surface area contributed by atoms with E-state index in [4.69, 9.17) is 19.0 Å². The summed E-state index contributed by atoms with van der Waals surface area (Å²) in [6.45, 7) is 10.6. The highest BCUT2D eigenvalue weighted by atomic mass is 16.7. The predicted molar refractivity (Wildman–Crippen MR) is 117 cm³/mol. The quantitative estimate of drug-likeness (QED) is 0.602. The fraction of sp³-hybridized carbons (Fsp3) is 0.478. The largest absolute Gasteiger partial charge is 0.420 e. The molecule has 1 aliphatic rings. The number of hydrogen-bond donors (Lipinski definition) is 1. The second-order valence-corrected chi connectivity index (χ2v) is 8.87. The van der Waals surface area contributed by atoms with E-state index in [1.807, 2.05) is 42.8 Å². The average molecular weight is 440 g/mol. The van der Waals surface area contributed by atoms with Crippen LogP contribution in [-0.4, -0.2) is 50.9 Å². The van der Waals surface area contributed by atoms with E-state index in [0.29, 0.717) is 42.1 Å². The summed E-state index contributed by atoms with van der Waals surface area (Å²) in [5, 5.41) is 15.6. The SMILES string of the molecule is Cc1nnc(-c2cc(CC(C)C)n(-c3cccc(C(=O)NC[C@@H]4COC(C)(C)O4)c3)n2)o1. The Hall–Kier alpha value is -3.04. The molecule has 2 aromatic heterocycles. The number of nitrogens with zero attached hydrogens (tertiary/aromatic N) is 4. The molecule has 0 aliphatic carbocycles. The van der Waals surface area contributed by atoms with Gasteiger partial charge in [0.05, 0.1) is 12.3 Å². The smallest absolute Gasteiger partial charge is 0.268 e. The zero-order chi connectivity index (χ0) is 22.9. The summed E-state index contributed by atoms with van der Waals surface area (Å²) in [7, 11) is 0. The fourth-order valence-electron chi connectivity index (χ4n) is 3.66. The van der Waals surface area contributed by atoms with Crippen molar-refractivity contribution >= 4 is 5.91 Å². The first-order valence-corrected chi connectivity index (χ1v) is 10.8. The minimum absolute atomic E-state index is 0.165. The van der Waals surface area contributed by atoms with Crippen LogP contribution in [0.3, 0.4) is 0 Å². The number of aromatic nitrogens is 4. The van der Waals surface area contributed by atoms with Crippen molar-refractivity contribution in [3.63, 3.8) is 0 Å². The highest BCUT2D eigenvalue weighted by molar-refractivity contribution is 5.94. The second-order valence-electron chi connectivity index (χ2n) is 8.87. The van der Waals surface area contributed by atoms with Crippen LogP contribution in [0.2, 0.25) is 0 Å². The standard InChI is InChI=1S/C23H29N5O4/c1-14(2)9-18-11-20(22-26-25-15(3)31-22)27-28(18)17-8-6-7-16(10-17)21(29)24-12-19-13-30-23(4,5)32-19/h6-8,10-11,14,19H,9,12-13H2,1-5H3,(H,24,29)/t19-/m1/s1. The monoisotopic (exact) mass is 439 g/mol. The molecule has 0 radical (unpaired) electrons. The molecule has 1 atom stereocenters. The molecule has 0 bridgehead atoms. The third-order valence-corrected chi connectivity index (χ3v) is 5.06. The van der Waals surface area contributed by atoms with Crippen molar-refractivity contribution in [1.82, 2.24) is 25.3 Å². The molecule has 0 unspecified atom stereocenters. The lowest BCUT2D eigenvalue weighted by Crippen LogP contribution is -2.34. The fourth-order valence-corrected chi connectivity index (χ4v) is 3.66. The highest BCUT2D eigenvalue weighted by Crippen LogP contribution is 2.24. The Bertz CT molecular complexity index is 1100. The number of aryl methyl sites for hydroxylation is 1. The van der Waals surface area contributed by atoms with Gasteiger partial charge in [0.15, 0.2) is 5.79 Å². The van der Waals surface area contributed by atoms with Gasteiger partial charge >= 0.3 is 0 Å². The number of carbonyl (C=O) groups excluding carboxylic acids is 1. The molecular formula is C23H29N5O4. The van der Waals surface area contributed by atoms with Crippen LogP contribution in [0.15, 0.2) is 34.7 Å². The van der Waals surface area contributed by atoms with Crippen molar-refractivity contribution in [1.29, 1.82) is 0 Å². The van der Waals surface area contributed by atoms with Crippen LogP contribution in [0.5, 0.6) is 0 Å². The number of ether oxygens (including phenoxy) is 2. The molecule has 0 saturated carbocycles. The zero-order valence-electron chi connectivity index (χ0n) is 19.1. The van der Waals surface area contributed by atoms with Crippen molar-refractivity contribution in [2.75, 3.05) is 13.2 Å². The second kappa shape index (κ2) is 8.84. The van der Waals surface area contributed by atoms with E-state index in [-0.39, 0.29) is 12.0 Å². The van der Waals surface area contributed by atoms with Crippen LogP contribution in [0.4, 0.5) is 0 Å². The number of hydrogen-bond acceptors (Lipinski definition) is 7. The first kappa shape index (κ1) is 22.2. The molecule has 1 amide bonds. The molecule has 3 heterocycles. The van der Waals surface area contributed by atoms with E-state index in [2.05, 4.69) is 29.4 Å². The Morgan fingerprint density at radius 2 is 2.09 bits per heavy atom. The van der Waals surface area contributed by atoms with Gasteiger partial charge in [-0.15, -0.1) is 10.2 Å². The van der Waals surface area contributed by atoms with E-state index >= 15 is 0 Å². The molecule has 32 heavy (non-hydrogen) atoms. The van der Waals surface area contributed by atoms with Gasteiger partial charge in [-0.3, -0.25) is 4.79 Å². The van der Waals surface area contributed by atoms with Crippen LogP contribution < -0.4 is 5.32 Å². The van der Waals surface area contributed by atoms with Gasteiger partial charge in [0.1, 0.15) is 11.8 Å². The van der Waals surface area contributed by atoms with Crippen molar-refractivity contribution < 1.29 is 18.7 Å². The van der Waals surface area contributed by atoms with E-state index < -0.39 is 5.79 Å². The number of rotatable bonds is 7. The Morgan fingerprint density at radius 3 is 2.75 bits per heavy atom. The van der Waals surface area contributed by atoms with Gasteiger partial charge < -0.3 is 19.2 Å². The van der Waals surface area contributed by atoms with E-state index in [1.54, 1.807) is 13.0 Å². The minimum atomic E-state index is -0.614. The van der Waals surface area contributed by atoms with Gasteiger partial charge in [-0.05, 0) is 50.5 Å². The first-order valence-electron chi connectivity index (χ1n) is 10.8. The Labute approximate surface area is 187 Å². The maximum absolute atomic E-state index is 12.8. The van der Waals surface area contributed by atoms with Gasteiger partial charge in [-0.25, -0.2) is 4.68 Å². The summed E-state index contributed by atoms with van der Waals surface area (Å²) in [5.41, 5.74) is 2.94. The Balaban J connectivity index is 1.55. The average Bonchev–Trinajstić information content (AvgIpc) is 3.44. The molecule has 170 valence electrons. The molecule has 0 spiro atoms. The summed E-state index contributed by atoms with van der Waals surface area (Å²) in [4.78, 5) is 12.8. The van der Waals surface area contributed by atoms with Crippen LogP contribution in [0, 0.1) is 12.8 Å². The van der Waals surface area contributed by atoms with E-state index in [0.717, 1.165) is 17.8 Å². The van der Waals surface area contributed by atoms with Crippen LogP contribution in [0.1, 0.15) is 49.6 Å². The number of benzene rings is 1. The molecule has 1 fully saturated rings. The molecule has 3 aromatic rings. The molecule has 9 nitrogen and oxygen atoms in total. The van der Waals surface area contributed by atoms with E-state index in [9.17, 15) is 4.79 Å². The lowest BCUT2D eigenvalue weighted by Gasteiger charge is -2.17. The molecule has 1 saturated heterocycles. The van der Waals surface area contributed by atoms with Crippen molar-refractivity contribution in [3.05, 3.63) is 47.5 Å². The van der Waals surface area contributed by atoms with Gasteiger partial charge in [0.25, 0.3) is 11.8 Å². The maximum Gasteiger partial charge on any atom is 0.268 e. The minimum Gasteiger partial charge on any atom is -0.420 e. The number of amides is 1. The topological polar surface area (TPSA) is 104 Å². The highest BCUT2D eigenvalue weighted by Gasteiger charge is 2.32. The number of carbonyl (C=O) groups is 1. The van der Waals surface area contributed by atoms with Crippen molar-refractivity contribution in [2.24, 2.45) is 5.92 Å². The lowest BCUT2D eigenvalue weighted by atomic mass is 10.1. The third kappa shape index (κ3) is 5.05. The predicted octanol–water partition coefficient (Wildman–Crippen LogP) is 3.31. The van der Waals surface area contributed by atoms with Gasteiger partial charge in [0.2, 0.25) is 5.89 Å². The molecule has 1 N–H and O–H groups in total. The normalized spacial score (nSPS) is 17.8. The first-order chi connectivity index (χ1) is 15.2. The molecule has 9 heteroatoms.